The zero-order valence-electron chi connectivity index (χ0n) is 13.6. The maximum atomic E-state index is 12.2. The van der Waals surface area contributed by atoms with E-state index in [0.29, 0.717) is 22.6 Å². The lowest BCUT2D eigenvalue weighted by Gasteiger charge is -2.03. The predicted octanol–water partition coefficient (Wildman–Crippen LogP) is 2.92. The molecule has 0 aliphatic heterocycles. The van der Waals surface area contributed by atoms with Crippen molar-refractivity contribution in [1.82, 2.24) is 5.43 Å². The second-order valence-electron chi connectivity index (χ2n) is 5.12. The Morgan fingerprint density at radius 1 is 1.16 bits per heavy atom. The lowest BCUT2D eigenvalue weighted by molar-refractivity contribution is 0.0929. The number of amides is 1. The van der Waals surface area contributed by atoms with Crippen molar-refractivity contribution in [3.05, 3.63) is 53.8 Å². The van der Waals surface area contributed by atoms with Crippen LogP contribution in [0.3, 0.4) is 0 Å². The maximum absolute atomic E-state index is 12.2. The number of rotatable bonds is 5. The summed E-state index contributed by atoms with van der Waals surface area (Å²) in [6, 6.07) is 11.7. The van der Waals surface area contributed by atoms with E-state index in [2.05, 4.69) is 10.5 Å². The van der Waals surface area contributed by atoms with Crippen molar-refractivity contribution in [2.24, 2.45) is 5.10 Å². The average molecular weight is 340 g/mol. The summed E-state index contributed by atoms with van der Waals surface area (Å²) in [5, 5.41) is 14.2. The molecule has 0 aliphatic rings. The van der Waals surface area contributed by atoms with Crippen molar-refractivity contribution in [3.63, 3.8) is 0 Å². The third-order valence-corrected chi connectivity index (χ3v) is 3.54. The van der Waals surface area contributed by atoms with Crippen LogP contribution in [0.1, 0.15) is 16.1 Å². The number of carbonyl (C=O) groups is 1. The van der Waals surface area contributed by atoms with Gasteiger partial charge in [-0.3, -0.25) is 4.79 Å². The van der Waals surface area contributed by atoms with Gasteiger partial charge in [0.1, 0.15) is 0 Å². The number of aromatic hydroxyl groups is 1. The van der Waals surface area contributed by atoms with Gasteiger partial charge in [0.2, 0.25) is 0 Å². The first kappa shape index (κ1) is 16.4. The SMILES string of the molecule is COc1cc(/C=N/NC(=O)c2cc3cccc(OC)c3o2)ccc1O. The molecular formula is C18H16N2O5. The summed E-state index contributed by atoms with van der Waals surface area (Å²) >= 11 is 0. The Hall–Kier alpha value is -3.48. The Balaban J connectivity index is 1.74. The number of benzene rings is 2. The number of ether oxygens (including phenoxy) is 2. The van der Waals surface area contributed by atoms with Gasteiger partial charge in [-0.1, -0.05) is 12.1 Å². The fourth-order valence-corrected chi connectivity index (χ4v) is 2.30. The average Bonchev–Trinajstić information content (AvgIpc) is 3.07. The number of carbonyl (C=O) groups excluding carboxylic acids is 1. The van der Waals surface area contributed by atoms with Gasteiger partial charge in [0.05, 0.1) is 20.4 Å². The van der Waals surface area contributed by atoms with Crippen LogP contribution in [0, 0.1) is 0 Å². The van der Waals surface area contributed by atoms with Crippen molar-refractivity contribution in [2.45, 2.75) is 0 Å². The fraction of sp³-hybridized carbons (Fsp3) is 0.111. The number of hydrazone groups is 1. The molecule has 25 heavy (non-hydrogen) atoms. The van der Waals surface area contributed by atoms with E-state index in [-0.39, 0.29) is 11.5 Å². The second-order valence-corrected chi connectivity index (χ2v) is 5.12. The van der Waals surface area contributed by atoms with Crippen molar-refractivity contribution in [1.29, 1.82) is 0 Å². The molecule has 0 spiro atoms. The van der Waals surface area contributed by atoms with Gasteiger partial charge < -0.3 is 19.0 Å². The molecule has 2 N–H and O–H groups in total. The molecule has 2 aromatic carbocycles. The van der Waals surface area contributed by atoms with Gasteiger partial charge in [0.15, 0.2) is 28.6 Å². The van der Waals surface area contributed by atoms with Crippen LogP contribution in [-0.2, 0) is 0 Å². The molecule has 0 saturated carbocycles. The first-order valence-corrected chi connectivity index (χ1v) is 7.39. The summed E-state index contributed by atoms with van der Waals surface area (Å²) in [5.41, 5.74) is 3.55. The molecule has 3 rings (SSSR count). The third-order valence-electron chi connectivity index (χ3n) is 3.54. The molecule has 3 aromatic rings. The van der Waals surface area contributed by atoms with Gasteiger partial charge in [0, 0.05) is 5.39 Å². The Morgan fingerprint density at radius 2 is 1.96 bits per heavy atom. The largest absolute Gasteiger partial charge is 0.504 e. The Labute approximate surface area is 143 Å². The Bertz CT molecular complexity index is 946. The van der Waals surface area contributed by atoms with E-state index < -0.39 is 5.91 Å². The lowest BCUT2D eigenvalue weighted by atomic mass is 10.2. The van der Waals surface area contributed by atoms with Gasteiger partial charge in [-0.2, -0.15) is 5.10 Å². The van der Waals surface area contributed by atoms with Crippen LogP contribution >= 0.6 is 0 Å². The zero-order valence-corrected chi connectivity index (χ0v) is 13.6. The molecule has 0 radical (unpaired) electrons. The summed E-state index contributed by atoms with van der Waals surface area (Å²) in [7, 11) is 2.99. The van der Waals surface area contributed by atoms with Gasteiger partial charge >= 0.3 is 5.91 Å². The van der Waals surface area contributed by atoms with Gasteiger partial charge in [-0.25, -0.2) is 5.43 Å². The number of nitrogens with zero attached hydrogens (tertiary/aromatic N) is 1. The van der Waals surface area contributed by atoms with Crippen LogP contribution in [0.4, 0.5) is 0 Å². The molecule has 0 atom stereocenters. The van der Waals surface area contributed by atoms with E-state index in [1.54, 1.807) is 24.3 Å². The number of fused-ring (bicyclic) bond motifs is 1. The first-order chi connectivity index (χ1) is 12.1. The standard InChI is InChI=1S/C18H16N2O5/c1-23-14-5-3-4-12-9-16(25-17(12)14)18(22)20-19-10-11-6-7-13(21)15(8-11)24-2/h3-10,21H,1-2H3,(H,20,22)/b19-10+. The van der Waals surface area contributed by atoms with Crippen molar-refractivity contribution >= 4 is 23.1 Å². The lowest BCUT2D eigenvalue weighted by Crippen LogP contribution is -2.16. The second kappa shape index (κ2) is 6.96. The molecule has 0 aliphatic carbocycles. The minimum atomic E-state index is -0.486. The van der Waals surface area contributed by atoms with Crippen molar-refractivity contribution in [2.75, 3.05) is 14.2 Å². The summed E-state index contributed by atoms with van der Waals surface area (Å²) < 4.78 is 15.8. The number of methoxy groups -OCH3 is 2. The molecule has 1 aromatic heterocycles. The van der Waals surface area contributed by atoms with Crippen LogP contribution in [0.5, 0.6) is 17.2 Å². The number of furan rings is 1. The quantitative estimate of drug-likeness (QED) is 0.550. The van der Waals surface area contributed by atoms with E-state index in [1.165, 1.54) is 26.5 Å². The van der Waals surface area contributed by atoms with Crippen LogP contribution < -0.4 is 14.9 Å². The number of phenolic OH excluding ortho intramolecular Hbond substituents is 1. The molecular weight excluding hydrogens is 324 g/mol. The highest BCUT2D eigenvalue weighted by molar-refractivity contribution is 5.97. The first-order valence-electron chi connectivity index (χ1n) is 7.39. The molecule has 0 saturated heterocycles. The zero-order chi connectivity index (χ0) is 17.8. The van der Waals surface area contributed by atoms with Crippen LogP contribution in [-0.4, -0.2) is 31.4 Å². The molecule has 0 unspecified atom stereocenters. The summed E-state index contributed by atoms with van der Waals surface area (Å²) in [6.45, 7) is 0. The summed E-state index contributed by atoms with van der Waals surface area (Å²) in [6.07, 6.45) is 1.43. The highest BCUT2D eigenvalue weighted by Crippen LogP contribution is 2.28. The number of nitrogens with one attached hydrogen (secondary N) is 1. The van der Waals surface area contributed by atoms with Crippen LogP contribution in [0.2, 0.25) is 0 Å². The monoisotopic (exact) mass is 340 g/mol. The highest BCUT2D eigenvalue weighted by Gasteiger charge is 2.14. The summed E-state index contributed by atoms with van der Waals surface area (Å²) in [5.74, 6) is 0.538. The molecule has 7 nitrogen and oxygen atoms in total. The number of para-hydroxylation sites is 1. The van der Waals surface area contributed by atoms with Gasteiger partial charge in [-0.15, -0.1) is 0 Å². The predicted molar refractivity (Wildman–Crippen MR) is 92.5 cm³/mol. The highest BCUT2D eigenvalue weighted by atomic mass is 16.5. The van der Waals surface area contributed by atoms with Crippen LogP contribution in [0.25, 0.3) is 11.0 Å². The molecule has 0 bridgehead atoms. The molecule has 7 heteroatoms. The van der Waals surface area contributed by atoms with Crippen molar-refractivity contribution in [3.8, 4) is 17.2 Å². The molecule has 128 valence electrons. The van der Waals surface area contributed by atoms with E-state index >= 15 is 0 Å². The van der Waals surface area contributed by atoms with Gasteiger partial charge in [0.25, 0.3) is 0 Å². The van der Waals surface area contributed by atoms with Crippen LogP contribution in [0.15, 0.2) is 52.0 Å². The number of hydrogen-bond donors (Lipinski definition) is 2. The number of hydrogen-bond acceptors (Lipinski definition) is 6. The molecule has 0 fully saturated rings. The van der Waals surface area contributed by atoms with E-state index in [0.717, 1.165) is 5.39 Å². The normalized spacial score (nSPS) is 11.0. The summed E-state index contributed by atoms with van der Waals surface area (Å²) in [4.78, 5) is 12.2. The maximum Gasteiger partial charge on any atom is 0.307 e. The topological polar surface area (TPSA) is 93.3 Å². The van der Waals surface area contributed by atoms with E-state index in [9.17, 15) is 9.90 Å². The minimum absolute atomic E-state index is 0.0277. The molecule has 1 amide bonds. The number of phenols is 1. The Morgan fingerprint density at radius 3 is 2.72 bits per heavy atom. The smallest absolute Gasteiger partial charge is 0.307 e. The van der Waals surface area contributed by atoms with Crippen molar-refractivity contribution < 1.29 is 23.8 Å². The molecule has 1 heterocycles. The van der Waals surface area contributed by atoms with E-state index in [1.807, 2.05) is 12.1 Å². The Kier molecular flexibility index (Phi) is 4.56. The van der Waals surface area contributed by atoms with E-state index in [4.69, 9.17) is 13.9 Å². The fourth-order valence-electron chi connectivity index (χ4n) is 2.30. The minimum Gasteiger partial charge on any atom is -0.504 e. The van der Waals surface area contributed by atoms with Gasteiger partial charge in [-0.05, 0) is 35.9 Å². The third kappa shape index (κ3) is 3.40.